The molecular weight excluding hydrogens is 773 g/mol. The molecule has 9 aromatic rings. The van der Waals surface area contributed by atoms with Crippen molar-refractivity contribution >= 4 is 84.4 Å². The molecule has 9 rings (SSSR count). The second-order valence-corrected chi connectivity index (χ2v) is 16.3. The van der Waals surface area contributed by atoms with Crippen molar-refractivity contribution in [2.24, 2.45) is 4.99 Å². The molecule has 2 aromatic heterocycles. The van der Waals surface area contributed by atoms with Gasteiger partial charge in [-0.1, -0.05) is 121 Å². The van der Waals surface area contributed by atoms with Crippen LogP contribution in [0, 0.1) is 0 Å². The van der Waals surface area contributed by atoms with Crippen molar-refractivity contribution in [1.29, 1.82) is 0 Å². The van der Waals surface area contributed by atoms with Crippen molar-refractivity contribution in [3.63, 3.8) is 0 Å². The Kier molecular flexibility index (Phi) is 10.7. The number of hydrogen-bond acceptors (Lipinski definition) is 8. The number of nitrogens with zero attached hydrogens (tertiary/aromatic N) is 3. The first-order valence-corrected chi connectivity index (χ1v) is 21.3. The molecule has 60 heavy (non-hydrogen) atoms. The van der Waals surface area contributed by atoms with Gasteiger partial charge in [0.1, 0.15) is 10.0 Å². The van der Waals surface area contributed by atoms with Gasteiger partial charge in [-0.3, -0.25) is 4.99 Å². The van der Waals surface area contributed by atoms with E-state index in [1.807, 2.05) is 31.2 Å². The number of nitrogen functional groups attached to an aromatic ring is 3. The van der Waals surface area contributed by atoms with Gasteiger partial charge in [-0.05, 0) is 102 Å². The van der Waals surface area contributed by atoms with E-state index in [1.54, 1.807) is 28.9 Å². The molecule has 0 radical (unpaired) electrons. The van der Waals surface area contributed by atoms with Gasteiger partial charge in [0.25, 0.3) is 0 Å². The van der Waals surface area contributed by atoms with Gasteiger partial charge in [0.05, 0.1) is 22.7 Å². The molecule has 6 N–H and O–H groups in total. The van der Waals surface area contributed by atoms with Crippen LogP contribution >= 0.6 is 22.7 Å². The van der Waals surface area contributed by atoms with E-state index in [4.69, 9.17) is 22.2 Å². The highest BCUT2D eigenvalue weighted by atomic mass is 32.1. The molecule has 6 nitrogen and oxygen atoms in total. The zero-order chi connectivity index (χ0) is 41.0. The number of nitrogens with two attached hydrogens (primary N) is 3. The number of rotatable bonds is 11. The van der Waals surface area contributed by atoms with Crippen LogP contribution in [0.2, 0.25) is 0 Å². The van der Waals surface area contributed by atoms with E-state index in [1.165, 1.54) is 0 Å². The van der Waals surface area contributed by atoms with Gasteiger partial charge in [0.15, 0.2) is 0 Å². The predicted molar refractivity (Wildman–Crippen MR) is 260 cm³/mol. The molecule has 8 heteroatoms. The molecule has 0 aliphatic carbocycles. The maximum Gasteiger partial charge on any atom is 0.101 e. The van der Waals surface area contributed by atoms with Crippen LogP contribution in [0.5, 0.6) is 0 Å². The lowest BCUT2D eigenvalue weighted by molar-refractivity contribution is 1.32. The fourth-order valence-corrected chi connectivity index (χ4v) is 9.69. The van der Waals surface area contributed by atoms with Crippen LogP contribution in [-0.2, 0) is 0 Å². The second kappa shape index (κ2) is 16.8. The van der Waals surface area contributed by atoms with Crippen molar-refractivity contribution < 1.29 is 0 Å². The first-order chi connectivity index (χ1) is 29.5. The molecule has 7 aromatic carbocycles. The zero-order valence-corrected chi connectivity index (χ0v) is 34.6. The first-order valence-electron chi connectivity index (χ1n) is 19.7. The SMILES string of the molecule is C/C=N\c1c(N)c(-c2ccc(-c3ccc(N(c4ccccc4)c4ccccc4)s3)cc2)c(N)c(N)c1-c1ccc(-c2ccc(N(c3ccccc3)c3ccccc3)s2)cc1. The lowest BCUT2D eigenvalue weighted by Crippen LogP contribution is -2.07. The third-order valence-corrected chi connectivity index (χ3v) is 12.7. The molecule has 0 aliphatic rings. The monoisotopic (exact) mass is 814 g/mol. The van der Waals surface area contributed by atoms with E-state index in [0.717, 1.165) is 64.8 Å². The fraction of sp³-hybridized carbons (Fsp3) is 0.0192. The Balaban J connectivity index is 1.01. The quantitative estimate of drug-likeness (QED) is 0.0892. The highest BCUT2D eigenvalue weighted by Crippen LogP contribution is 2.51. The van der Waals surface area contributed by atoms with E-state index in [2.05, 4.69) is 180 Å². The van der Waals surface area contributed by atoms with Gasteiger partial charge in [-0.25, -0.2) is 0 Å². The van der Waals surface area contributed by atoms with Crippen LogP contribution in [0.1, 0.15) is 6.92 Å². The summed E-state index contributed by atoms with van der Waals surface area (Å²) < 4.78 is 0. The van der Waals surface area contributed by atoms with Crippen LogP contribution in [0.3, 0.4) is 0 Å². The number of hydrogen-bond donors (Lipinski definition) is 3. The number of benzene rings is 7. The van der Waals surface area contributed by atoms with Crippen LogP contribution < -0.4 is 27.0 Å². The molecule has 0 saturated heterocycles. The Morgan fingerprint density at radius 3 is 1.08 bits per heavy atom. The van der Waals surface area contributed by atoms with E-state index < -0.39 is 0 Å². The molecule has 0 saturated carbocycles. The number of para-hydroxylation sites is 4. The largest absolute Gasteiger partial charge is 0.396 e. The topological polar surface area (TPSA) is 96.9 Å². The highest BCUT2D eigenvalue weighted by molar-refractivity contribution is 7.19. The summed E-state index contributed by atoms with van der Waals surface area (Å²) in [6, 6.07) is 67.1. The molecule has 0 unspecified atom stereocenters. The van der Waals surface area contributed by atoms with Crippen LogP contribution in [0.15, 0.2) is 199 Å². The van der Waals surface area contributed by atoms with Gasteiger partial charge in [-0.2, -0.15) is 0 Å². The molecule has 0 spiro atoms. The van der Waals surface area contributed by atoms with Crippen molar-refractivity contribution in [2.45, 2.75) is 6.92 Å². The number of aliphatic imine (C=N–C) groups is 1. The molecule has 0 bridgehead atoms. The summed E-state index contributed by atoms with van der Waals surface area (Å²) in [6.45, 7) is 1.88. The summed E-state index contributed by atoms with van der Waals surface area (Å²) in [5.41, 5.74) is 32.5. The standard InChI is InChI=1S/C52H42N6S2/c1-2-56-52-48(38-29-25-36(26-30-38)44-32-34-46(60-44)58(41-19-11-5-12-20-41)42-21-13-6-14-22-42)50(54)49(53)47(51(52)55)37-27-23-35(24-28-37)43-31-33-45(59-43)57(39-15-7-3-8-16-39)40-17-9-4-10-18-40/h2-34H,53-55H2,1H3/b56-2-. The van der Waals surface area contributed by atoms with Crippen molar-refractivity contribution in [3.8, 4) is 43.1 Å². The minimum atomic E-state index is 0.430. The Morgan fingerprint density at radius 2 is 0.717 bits per heavy atom. The average molecular weight is 815 g/mol. The smallest absolute Gasteiger partial charge is 0.101 e. The fourth-order valence-electron chi connectivity index (χ4n) is 7.59. The Labute approximate surface area is 358 Å². The van der Waals surface area contributed by atoms with Crippen molar-refractivity contribution in [3.05, 3.63) is 194 Å². The summed E-state index contributed by atoms with van der Waals surface area (Å²) >= 11 is 3.48. The minimum absolute atomic E-state index is 0.430. The predicted octanol–water partition coefficient (Wildman–Crippen LogP) is 14.9. The maximum atomic E-state index is 7.00. The Hall–Kier alpha value is -7.39. The number of anilines is 9. The van der Waals surface area contributed by atoms with Crippen LogP contribution in [-0.4, -0.2) is 6.21 Å². The summed E-state index contributed by atoms with van der Waals surface area (Å²) in [4.78, 5) is 11.6. The summed E-state index contributed by atoms with van der Waals surface area (Å²) in [7, 11) is 0. The molecule has 0 amide bonds. The molecule has 292 valence electrons. The molecule has 0 aliphatic heterocycles. The molecule has 0 atom stereocenters. The third kappa shape index (κ3) is 7.41. The lowest BCUT2D eigenvalue weighted by Gasteiger charge is -2.23. The normalized spacial score (nSPS) is 11.2. The summed E-state index contributed by atoms with van der Waals surface area (Å²) in [6.07, 6.45) is 1.74. The van der Waals surface area contributed by atoms with Crippen LogP contribution in [0.4, 0.5) is 55.5 Å². The third-order valence-electron chi connectivity index (χ3n) is 10.4. The van der Waals surface area contributed by atoms with Gasteiger partial charge in [-0.15, -0.1) is 22.7 Å². The summed E-state index contributed by atoms with van der Waals surface area (Å²) in [5.74, 6) is 0. The molecular formula is C52H42N6S2. The van der Waals surface area contributed by atoms with Gasteiger partial charge < -0.3 is 27.0 Å². The first kappa shape index (κ1) is 38.1. The highest BCUT2D eigenvalue weighted by Gasteiger charge is 2.23. The van der Waals surface area contributed by atoms with Crippen molar-refractivity contribution in [2.75, 3.05) is 27.0 Å². The van der Waals surface area contributed by atoms with E-state index >= 15 is 0 Å². The lowest BCUT2D eigenvalue weighted by atomic mass is 9.91. The zero-order valence-electron chi connectivity index (χ0n) is 32.9. The minimum Gasteiger partial charge on any atom is -0.396 e. The Morgan fingerprint density at radius 1 is 0.383 bits per heavy atom. The van der Waals surface area contributed by atoms with Gasteiger partial charge >= 0.3 is 0 Å². The second-order valence-electron chi connectivity index (χ2n) is 14.2. The van der Waals surface area contributed by atoms with Gasteiger partial charge in [0, 0.05) is 49.8 Å². The number of thiophene rings is 2. The van der Waals surface area contributed by atoms with Crippen molar-refractivity contribution in [1.82, 2.24) is 0 Å². The van der Waals surface area contributed by atoms with E-state index in [0.29, 0.717) is 33.9 Å². The molecule has 0 fully saturated rings. The Bertz CT molecular complexity index is 2810. The maximum absolute atomic E-state index is 7.00. The average Bonchev–Trinajstić information content (AvgIpc) is 3.99. The van der Waals surface area contributed by atoms with Crippen LogP contribution in [0.25, 0.3) is 43.1 Å². The van der Waals surface area contributed by atoms with E-state index in [9.17, 15) is 0 Å². The van der Waals surface area contributed by atoms with E-state index in [-0.39, 0.29) is 0 Å². The molecule has 2 heterocycles. The van der Waals surface area contributed by atoms with Gasteiger partial charge in [0.2, 0.25) is 0 Å². The summed E-state index contributed by atoms with van der Waals surface area (Å²) in [5, 5.41) is 2.24.